The standard InChI is InChI=1S/C33H32F6N4/c34-32(35,36)23-10-12-24(13-11-23)41-29-20-25(15-18-43-17-4-6-21-5-1-2-8-30(21)43)42-28-19-22(9-14-26(28)29)31-27(33(37,38)39)7-3-16-40-31/h3,7,9-14,16,19-21,30H,1-2,4-6,8,15,17-18H2,(H,41,42). The summed E-state index contributed by atoms with van der Waals surface area (Å²) in [5.74, 6) is 0.729. The lowest BCUT2D eigenvalue weighted by Gasteiger charge is -2.44. The highest BCUT2D eigenvalue weighted by molar-refractivity contribution is 5.95. The molecule has 0 spiro atoms. The highest BCUT2D eigenvalue weighted by Crippen LogP contribution is 2.39. The van der Waals surface area contributed by atoms with Crippen molar-refractivity contribution < 1.29 is 26.3 Å². The summed E-state index contributed by atoms with van der Waals surface area (Å²) in [6.45, 7) is 1.85. The Labute approximate surface area is 246 Å². The summed E-state index contributed by atoms with van der Waals surface area (Å²) in [5.41, 5.74) is 0.844. The molecule has 2 aliphatic rings. The van der Waals surface area contributed by atoms with E-state index in [2.05, 4.69) is 15.2 Å². The third-order valence-electron chi connectivity index (χ3n) is 8.75. The number of benzene rings is 2. The highest BCUT2D eigenvalue weighted by atomic mass is 19.4. The molecule has 0 amide bonds. The van der Waals surface area contributed by atoms with Gasteiger partial charge in [-0.25, -0.2) is 0 Å². The average molecular weight is 599 g/mol. The van der Waals surface area contributed by atoms with Crippen molar-refractivity contribution in [2.45, 2.75) is 63.3 Å². The van der Waals surface area contributed by atoms with E-state index >= 15 is 0 Å². The van der Waals surface area contributed by atoms with E-state index in [1.807, 2.05) is 6.07 Å². The number of hydrogen-bond donors (Lipinski definition) is 1. The lowest BCUT2D eigenvalue weighted by Crippen LogP contribution is -2.47. The van der Waals surface area contributed by atoms with E-state index in [0.717, 1.165) is 42.9 Å². The lowest BCUT2D eigenvalue weighted by molar-refractivity contribution is -0.138. The van der Waals surface area contributed by atoms with Gasteiger partial charge >= 0.3 is 12.4 Å². The number of halogens is 6. The van der Waals surface area contributed by atoms with Crippen molar-refractivity contribution in [1.29, 1.82) is 0 Å². The second kappa shape index (κ2) is 11.8. The number of hydrogen-bond acceptors (Lipinski definition) is 4. The van der Waals surface area contributed by atoms with Crippen LogP contribution in [-0.2, 0) is 18.8 Å². The van der Waals surface area contributed by atoms with Gasteiger partial charge in [-0.1, -0.05) is 25.0 Å². The zero-order valence-corrected chi connectivity index (χ0v) is 23.5. The molecule has 4 aromatic rings. The number of aromatic nitrogens is 2. The second-order valence-corrected chi connectivity index (χ2v) is 11.5. The van der Waals surface area contributed by atoms with Gasteiger partial charge in [0, 0.05) is 53.2 Å². The maximum atomic E-state index is 13.8. The Morgan fingerprint density at radius 1 is 0.837 bits per heavy atom. The van der Waals surface area contributed by atoms with Crippen LogP contribution in [0.25, 0.3) is 22.2 Å². The first-order valence-electron chi connectivity index (χ1n) is 14.7. The normalized spacial score (nSPS) is 19.8. The number of alkyl halides is 6. The molecular formula is C33H32F6N4. The van der Waals surface area contributed by atoms with Crippen LogP contribution in [0, 0.1) is 5.92 Å². The number of piperidine rings is 1. The number of fused-ring (bicyclic) bond motifs is 2. The number of likely N-dealkylation sites (tertiary alicyclic amines) is 1. The van der Waals surface area contributed by atoms with E-state index in [1.165, 1.54) is 62.9 Å². The highest BCUT2D eigenvalue weighted by Gasteiger charge is 2.35. The number of anilines is 2. The van der Waals surface area contributed by atoms with Crippen LogP contribution >= 0.6 is 0 Å². The van der Waals surface area contributed by atoms with Gasteiger partial charge in [0.2, 0.25) is 0 Å². The van der Waals surface area contributed by atoms with Gasteiger partial charge in [-0.15, -0.1) is 0 Å². The summed E-state index contributed by atoms with van der Waals surface area (Å²) >= 11 is 0. The van der Waals surface area contributed by atoms with Gasteiger partial charge in [0.05, 0.1) is 22.3 Å². The molecule has 1 saturated carbocycles. The Hall–Kier alpha value is -3.66. The van der Waals surface area contributed by atoms with Crippen LogP contribution in [0.5, 0.6) is 0 Å². The fourth-order valence-electron chi connectivity index (χ4n) is 6.69. The van der Waals surface area contributed by atoms with E-state index in [9.17, 15) is 26.3 Å². The van der Waals surface area contributed by atoms with E-state index in [-0.39, 0.29) is 11.3 Å². The molecule has 43 heavy (non-hydrogen) atoms. The molecule has 2 aromatic carbocycles. The van der Waals surface area contributed by atoms with Gasteiger partial charge in [0.1, 0.15) is 0 Å². The van der Waals surface area contributed by atoms with E-state index in [0.29, 0.717) is 34.7 Å². The molecule has 4 nitrogen and oxygen atoms in total. The quantitative estimate of drug-likeness (QED) is 0.225. The molecule has 3 heterocycles. The van der Waals surface area contributed by atoms with Gasteiger partial charge in [0.15, 0.2) is 0 Å². The third-order valence-corrected chi connectivity index (χ3v) is 8.75. The summed E-state index contributed by atoms with van der Waals surface area (Å²) in [6.07, 6.45) is 0.383. The largest absolute Gasteiger partial charge is 0.418 e. The third kappa shape index (κ3) is 6.49. The molecule has 1 aliphatic heterocycles. The number of rotatable bonds is 6. The predicted octanol–water partition coefficient (Wildman–Crippen LogP) is 9.28. The minimum absolute atomic E-state index is 0.182. The Kier molecular flexibility index (Phi) is 8.06. The Balaban J connectivity index is 1.36. The molecule has 2 fully saturated rings. The van der Waals surface area contributed by atoms with Gasteiger partial charge in [-0.2, -0.15) is 26.3 Å². The fourth-order valence-corrected chi connectivity index (χ4v) is 6.69. The predicted molar refractivity (Wildman–Crippen MR) is 155 cm³/mol. The Morgan fingerprint density at radius 3 is 2.37 bits per heavy atom. The molecule has 0 radical (unpaired) electrons. The van der Waals surface area contributed by atoms with Crippen LogP contribution in [0.4, 0.5) is 37.7 Å². The molecular weight excluding hydrogens is 566 g/mol. The van der Waals surface area contributed by atoms with Crippen molar-refractivity contribution in [3.8, 4) is 11.3 Å². The van der Waals surface area contributed by atoms with Crippen molar-refractivity contribution >= 4 is 22.3 Å². The van der Waals surface area contributed by atoms with Gasteiger partial charge in [0.25, 0.3) is 0 Å². The second-order valence-electron chi connectivity index (χ2n) is 11.5. The minimum atomic E-state index is -4.57. The molecule has 2 unspecified atom stereocenters. The van der Waals surface area contributed by atoms with Crippen molar-refractivity contribution in [2.24, 2.45) is 5.92 Å². The molecule has 0 bridgehead atoms. The molecule has 1 aliphatic carbocycles. The van der Waals surface area contributed by atoms with Crippen LogP contribution < -0.4 is 5.32 Å². The first-order chi connectivity index (χ1) is 20.6. The molecule has 2 aromatic heterocycles. The van der Waals surface area contributed by atoms with Crippen LogP contribution in [-0.4, -0.2) is 34.0 Å². The summed E-state index contributed by atoms with van der Waals surface area (Å²) in [5, 5.41) is 3.87. The molecule has 1 saturated heterocycles. The first-order valence-corrected chi connectivity index (χ1v) is 14.7. The van der Waals surface area contributed by atoms with E-state index in [4.69, 9.17) is 4.98 Å². The lowest BCUT2D eigenvalue weighted by atomic mass is 9.78. The molecule has 1 N–H and O–H groups in total. The topological polar surface area (TPSA) is 41.0 Å². The van der Waals surface area contributed by atoms with Crippen LogP contribution in [0.2, 0.25) is 0 Å². The SMILES string of the molecule is FC(F)(F)c1ccc(Nc2cc(CCN3CCCC4CCCCC43)nc3cc(-c4ncccc4C(F)(F)F)ccc23)cc1. The zero-order chi connectivity index (χ0) is 30.2. The maximum Gasteiger partial charge on any atom is 0.418 e. The molecule has 2 atom stereocenters. The molecule has 10 heteroatoms. The first kappa shape index (κ1) is 29.4. The van der Waals surface area contributed by atoms with Crippen molar-refractivity contribution in [3.05, 3.63) is 83.7 Å². The van der Waals surface area contributed by atoms with Crippen LogP contribution in [0.3, 0.4) is 0 Å². The van der Waals surface area contributed by atoms with Crippen LogP contribution in [0.1, 0.15) is 55.3 Å². The van der Waals surface area contributed by atoms with Gasteiger partial charge in [-0.05, 0) is 86.7 Å². The van der Waals surface area contributed by atoms with Crippen LogP contribution in [0.15, 0.2) is 66.9 Å². The summed E-state index contributed by atoms with van der Waals surface area (Å²) in [6, 6.07) is 14.3. The fraction of sp³-hybridized carbons (Fsp3) is 0.394. The van der Waals surface area contributed by atoms with Gasteiger partial charge in [-0.3, -0.25) is 14.9 Å². The van der Waals surface area contributed by atoms with E-state index in [1.54, 1.807) is 18.2 Å². The molecule has 226 valence electrons. The smallest absolute Gasteiger partial charge is 0.355 e. The van der Waals surface area contributed by atoms with Crippen molar-refractivity contribution in [2.75, 3.05) is 18.4 Å². The average Bonchev–Trinajstić information content (AvgIpc) is 2.99. The molecule has 6 rings (SSSR count). The Morgan fingerprint density at radius 2 is 1.60 bits per heavy atom. The number of nitrogens with zero attached hydrogens (tertiary/aromatic N) is 3. The monoisotopic (exact) mass is 598 g/mol. The van der Waals surface area contributed by atoms with E-state index < -0.39 is 23.5 Å². The Bertz CT molecular complexity index is 1580. The van der Waals surface area contributed by atoms with Crippen molar-refractivity contribution in [3.63, 3.8) is 0 Å². The minimum Gasteiger partial charge on any atom is -0.355 e. The number of pyridine rings is 2. The van der Waals surface area contributed by atoms with Gasteiger partial charge < -0.3 is 5.32 Å². The summed E-state index contributed by atoms with van der Waals surface area (Å²) in [7, 11) is 0. The summed E-state index contributed by atoms with van der Waals surface area (Å²) < 4.78 is 80.7. The zero-order valence-electron chi connectivity index (χ0n) is 23.5. The summed E-state index contributed by atoms with van der Waals surface area (Å²) in [4.78, 5) is 11.5. The number of nitrogens with one attached hydrogen (secondary N) is 1. The van der Waals surface area contributed by atoms with Crippen molar-refractivity contribution in [1.82, 2.24) is 14.9 Å². The maximum absolute atomic E-state index is 13.8.